The largest absolute Gasteiger partial charge is 0.475 e. The van der Waals surface area contributed by atoms with Crippen molar-refractivity contribution in [2.24, 2.45) is 4.99 Å². The summed E-state index contributed by atoms with van der Waals surface area (Å²) in [5.74, 6) is 0.0135. The summed E-state index contributed by atoms with van der Waals surface area (Å²) < 4.78 is 34.6. The molecule has 4 aromatic rings. The van der Waals surface area contributed by atoms with Crippen LogP contribution in [-0.4, -0.2) is 33.4 Å². The van der Waals surface area contributed by atoms with Gasteiger partial charge in [0.1, 0.15) is 6.61 Å². The van der Waals surface area contributed by atoms with Crippen molar-refractivity contribution in [1.29, 1.82) is 0 Å². The molecule has 9 heteroatoms. The number of benzene rings is 3. The van der Waals surface area contributed by atoms with Crippen LogP contribution >= 0.6 is 11.3 Å². The van der Waals surface area contributed by atoms with Gasteiger partial charge in [0.05, 0.1) is 33.9 Å². The van der Waals surface area contributed by atoms with Crippen LogP contribution in [0.15, 0.2) is 94.1 Å². The first-order valence-corrected chi connectivity index (χ1v) is 13.6. The number of sulfonamides is 1. The fourth-order valence-corrected chi connectivity index (χ4v) is 5.60. The Kier molecular flexibility index (Phi) is 6.58. The first kappa shape index (κ1) is 23.8. The van der Waals surface area contributed by atoms with E-state index >= 15 is 0 Å². The molecular weight excluding hydrogens is 494 g/mol. The van der Waals surface area contributed by atoms with Crippen LogP contribution in [-0.2, 0) is 14.8 Å². The van der Waals surface area contributed by atoms with E-state index in [1.165, 1.54) is 11.3 Å². The molecule has 1 aliphatic heterocycles. The monoisotopic (exact) mass is 517 g/mol. The molecule has 3 aromatic carbocycles. The minimum atomic E-state index is -3.93. The average Bonchev–Trinajstić information content (AvgIpc) is 3.59. The number of para-hydroxylation sites is 1. The highest BCUT2D eigenvalue weighted by Crippen LogP contribution is 2.31. The lowest BCUT2D eigenvalue weighted by Crippen LogP contribution is -2.20. The maximum atomic E-state index is 13.4. The second-order valence-electron chi connectivity index (χ2n) is 8.19. The third-order valence-corrected chi connectivity index (χ3v) is 7.94. The molecule has 7 nitrogen and oxygen atoms in total. The van der Waals surface area contributed by atoms with E-state index in [1.807, 2.05) is 36.6 Å². The van der Waals surface area contributed by atoms with Crippen molar-refractivity contribution >= 4 is 44.5 Å². The van der Waals surface area contributed by atoms with Gasteiger partial charge in [-0.25, -0.2) is 13.4 Å². The van der Waals surface area contributed by atoms with E-state index in [0.717, 1.165) is 16.0 Å². The van der Waals surface area contributed by atoms with E-state index in [0.29, 0.717) is 30.3 Å². The molecule has 0 radical (unpaired) electrons. The second kappa shape index (κ2) is 9.96. The van der Waals surface area contributed by atoms with Gasteiger partial charge in [0.15, 0.2) is 0 Å². The Bertz CT molecular complexity index is 1540. The van der Waals surface area contributed by atoms with Gasteiger partial charge in [-0.1, -0.05) is 42.0 Å². The number of nitrogens with zero attached hydrogens (tertiary/aromatic N) is 1. The van der Waals surface area contributed by atoms with Crippen molar-refractivity contribution in [1.82, 2.24) is 0 Å². The molecule has 0 fully saturated rings. The summed E-state index contributed by atoms with van der Waals surface area (Å²) in [6, 6.07) is 22.7. The highest BCUT2D eigenvalue weighted by molar-refractivity contribution is 7.92. The molecule has 0 aliphatic carbocycles. The zero-order valence-electron chi connectivity index (χ0n) is 19.4. The maximum Gasteiger partial charge on any atom is 0.261 e. The number of nitrogens with one attached hydrogen (secondary N) is 2. The van der Waals surface area contributed by atoms with Crippen molar-refractivity contribution in [3.63, 3.8) is 0 Å². The topological polar surface area (TPSA) is 96.9 Å². The minimum Gasteiger partial charge on any atom is -0.475 e. The number of rotatable bonds is 7. The number of thiophene rings is 1. The zero-order chi connectivity index (χ0) is 25.1. The molecule has 2 heterocycles. The summed E-state index contributed by atoms with van der Waals surface area (Å²) in [7, 11) is -3.93. The first-order chi connectivity index (χ1) is 17.4. The molecule has 0 unspecified atom stereocenters. The standard InChI is InChI=1S/C27H23N3O4S2/c1-18-8-11-20(12-9-18)36(32,33)30-24-17-19(25-7-4-16-35-25)10-13-21(24)26(31)29-23-6-3-2-5-22(23)27-28-14-15-34-27/h2-13,16-17,30H,14-15H2,1H3,(H,29,31). The predicted molar refractivity (Wildman–Crippen MR) is 143 cm³/mol. The van der Waals surface area contributed by atoms with Gasteiger partial charge >= 0.3 is 0 Å². The van der Waals surface area contributed by atoms with E-state index < -0.39 is 15.9 Å². The molecule has 182 valence electrons. The third-order valence-electron chi connectivity index (χ3n) is 5.64. The average molecular weight is 518 g/mol. The molecule has 5 rings (SSSR count). The van der Waals surface area contributed by atoms with Crippen LogP contribution in [0.4, 0.5) is 11.4 Å². The van der Waals surface area contributed by atoms with E-state index in [9.17, 15) is 13.2 Å². The van der Waals surface area contributed by atoms with Crippen molar-refractivity contribution < 1.29 is 17.9 Å². The Labute approximate surface area is 213 Å². The lowest BCUT2D eigenvalue weighted by atomic mass is 10.1. The number of carbonyl (C=O) groups is 1. The van der Waals surface area contributed by atoms with Gasteiger partial charge in [0, 0.05) is 4.88 Å². The van der Waals surface area contributed by atoms with Crippen LogP contribution in [0.1, 0.15) is 21.5 Å². The smallest absolute Gasteiger partial charge is 0.261 e. The fourth-order valence-electron chi connectivity index (χ4n) is 3.81. The molecule has 0 saturated heterocycles. The lowest BCUT2D eigenvalue weighted by Gasteiger charge is -2.16. The minimum absolute atomic E-state index is 0.114. The molecule has 36 heavy (non-hydrogen) atoms. The molecule has 0 spiro atoms. The van der Waals surface area contributed by atoms with Crippen LogP contribution < -0.4 is 10.0 Å². The summed E-state index contributed by atoms with van der Waals surface area (Å²) in [4.78, 5) is 18.9. The van der Waals surface area contributed by atoms with Crippen LogP contribution in [0.2, 0.25) is 0 Å². The number of carbonyl (C=O) groups excluding carboxylic acids is 1. The number of anilines is 2. The Morgan fingerprint density at radius 2 is 1.78 bits per heavy atom. The number of aryl methyl sites for hydroxylation is 1. The molecule has 0 atom stereocenters. The second-order valence-corrected chi connectivity index (χ2v) is 10.8. The highest BCUT2D eigenvalue weighted by Gasteiger charge is 2.22. The highest BCUT2D eigenvalue weighted by atomic mass is 32.2. The summed E-state index contributed by atoms with van der Waals surface area (Å²) in [6.45, 7) is 2.94. The Balaban J connectivity index is 1.51. The van der Waals surface area contributed by atoms with Crippen LogP contribution in [0.3, 0.4) is 0 Å². The maximum absolute atomic E-state index is 13.4. The molecule has 2 N–H and O–H groups in total. The quantitative estimate of drug-likeness (QED) is 0.336. The fraction of sp³-hybridized carbons (Fsp3) is 0.111. The number of ether oxygens (including phenoxy) is 1. The van der Waals surface area contributed by atoms with Gasteiger partial charge in [0.25, 0.3) is 15.9 Å². The zero-order valence-corrected chi connectivity index (χ0v) is 21.0. The van der Waals surface area contributed by atoms with E-state index in [4.69, 9.17) is 4.74 Å². The lowest BCUT2D eigenvalue weighted by molar-refractivity contribution is 0.102. The number of hydrogen-bond donors (Lipinski definition) is 2. The molecule has 0 bridgehead atoms. The van der Waals surface area contributed by atoms with Gasteiger partial charge in [-0.3, -0.25) is 9.52 Å². The van der Waals surface area contributed by atoms with Crippen molar-refractivity contribution in [2.45, 2.75) is 11.8 Å². The van der Waals surface area contributed by atoms with Gasteiger partial charge in [-0.15, -0.1) is 11.3 Å². The van der Waals surface area contributed by atoms with E-state index in [-0.39, 0.29) is 16.1 Å². The molecule has 1 aromatic heterocycles. The normalized spacial score (nSPS) is 13.1. The van der Waals surface area contributed by atoms with Gasteiger partial charge < -0.3 is 10.1 Å². The first-order valence-electron chi connectivity index (χ1n) is 11.3. The van der Waals surface area contributed by atoms with Gasteiger partial charge in [-0.05, 0) is 60.3 Å². The van der Waals surface area contributed by atoms with Crippen LogP contribution in [0, 0.1) is 6.92 Å². The number of hydrogen-bond acceptors (Lipinski definition) is 6. The summed E-state index contributed by atoms with van der Waals surface area (Å²) >= 11 is 1.53. The van der Waals surface area contributed by atoms with Gasteiger partial charge in [0.2, 0.25) is 5.90 Å². The summed E-state index contributed by atoms with van der Waals surface area (Å²) in [5.41, 5.74) is 3.32. The van der Waals surface area contributed by atoms with Crippen LogP contribution in [0.5, 0.6) is 0 Å². The van der Waals surface area contributed by atoms with Crippen molar-refractivity contribution in [3.8, 4) is 10.4 Å². The SMILES string of the molecule is Cc1ccc(S(=O)(=O)Nc2cc(-c3cccs3)ccc2C(=O)Nc2ccccc2C2=NCCO2)cc1. The molecule has 1 amide bonds. The van der Waals surface area contributed by atoms with Crippen molar-refractivity contribution in [3.05, 3.63) is 101 Å². The Morgan fingerprint density at radius 3 is 2.50 bits per heavy atom. The van der Waals surface area contributed by atoms with Gasteiger partial charge in [-0.2, -0.15) is 0 Å². The summed E-state index contributed by atoms with van der Waals surface area (Å²) in [6.07, 6.45) is 0. The third kappa shape index (κ3) is 5.02. The van der Waals surface area contributed by atoms with E-state index in [1.54, 1.807) is 54.6 Å². The Morgan fingerprint density at radius 1 is 0.972 bits per heavy atom. The molecular formula is C27H23N3O4S2. The van der Waals surface area contributed by atoms with Crippen LogP contribution in [0.25, 0.3) is 10.4 Å². The predicted octanol–water partition coefficient (Wildman–Crippen LogP) is 5.55. The molecule has 1 aliphatic rings. The van der Waals surface area contributed by atoms with E-state index in [2.05, 4.69) is 15.0 Å². The summed E-state index contributed by atoms with van der Waals surface area (Å²) in [5, 5.41) is 4.84. The Hall–Kier alpha value is -3.95. The number of amides is 1. The van der Waals surface area contributed by atoms with Crippen molar-refractivity contribution in [2.75, 3.05) is 23.2 Å². The number of aliphatic imine (C=N–C) groups is 1. The molecule has 0 saturated carbocycles.